The molecule has 0 aliphatic rings. The Hall–Kier alpha value is -2.39. The maximum absolute atomic E-state index is 12.2. The van der Waals surface area contributed by atoms with Crippen molar-refractivity contribution in [3.05, 3.63) is 44.8 Å². The molecule has 2 rings (SSSR count). The third kappa shape index (κ3) is 4.37. The largest absolute Gasteiger partial charge is 0.462 e. The fourth-order valence-corrected chi connectivity index (χ4v) is 4.47. The van der Waals surface area contributed by atoms with Gasteiger partial charge in [-0.3, -0.25) is 14.9 Å². The molecule has 7 nitrogen and oxygen atoms in total. The Labute approximate surface area is 152 Å². The van der Waals surface area contributed by atoms with E-state index in [1.54, 1.807) is 32.0 Å². The van der Waals surface area contributed by atoms with Gasteiger partial charge in [0.1, 0.15) is 9.77 Å². The summed E-state index contributed by atoms with van der Waals surface area (Å²) < 4.78 is 10.7. The van der Waals surface area contributed by atoms with Gasteiger partial charge in [-0.25, -0.2) is 4.79 Å². The minimum Gasteiger partial charge on any atom is -0.462 e. The smallest absolute Gasteiger partial charge is 0.343 e. The van der Waals surface area contributed by atoms with Crippen LogP contribution in [0.1, 0.15) is 29.1 Å². The molecule has 0 saturated carbocycles. The summed E-state index contributed by atoms with van der Waals surface area (Å²) in [5, 5.41) is 11.2. The molecular weight excluding hydrogens is 366 g/mol. The van der Waals surface area contributed by atoms with Gasteiger partial charge in [0.05, 0.1) is 16.4 Å². The van der Waals surface area contributed by atoms with E-state index in [4.69, 9.17) is 9.47 Å². The molecule has 0 bridgehead atoms. The number of para-hydroxylation sites is 1. The second kappa shape index (κ2) is 8.13. The lowest BCUT2D eigenvalue weighted by molar-refractivity contribution is -0.387. The summed E-state index contributed by atoms with van der Waals surface area (Å²) >= 11 is 2.29. The number of rotatable bonds is 6. The van der Waals surface area contributed by atoms with Crippen molar-refractivity contribution in [1.29, 1.82) is 0 Å². The summed E-state index contributed by atoms with van der Waals surface area (Å²) in [5.41, 5.74) is 0.105. The lowest BCUT2D eigenvalue weighted by Crippen LogP contribution is -2.10. The number of nitro groups is 1. The number of hydrogen-bond donors (Lipinski definition) is 0. The molecule has 1 aromatic heterocycles. The fourth-order valence-electron chi connectivity index (χ4n) is 2.04. The number of thiophene rings is 1. The van der Waals surface area contributed by atoms with Crippen molar-refractivity contribution in [2.45, 2.75) is 29.9 Å². The SMILES string of the molecule is CCOC(=O)c1c(C)sc(Sc2ccccc2[N+](=O)[O-])c1OC(C)=O. The topological polar surface area (TPSA) is 95.7 Å². The molecule has 0 fully saturated rings. The van der Waals surface area contributed by atoms with Crippen LogP contribution in [-0.4, -0.2) is 23.5 Å². The van der Waals surface area contributed by atoms with Crippen LogP contribution >= 0.6 is 23.1 Å². The van der Waals surface area contributed by atoms with Crippen LogP contribution in [0.4, 0.5) is 5.69 Å². The van der Waals surface area contributed by atoms with Crippen LogP contribution in [0.3, 0.4) is 0 Å². The molecule has 1 heterocycles. The fraction of sp³-hybridized carbons (Fsp3) is 0.250. The summed E-state index contributed by atoms with van der Waals surface area (Å²) in [6.07, 6.45) is 0. The second-order valence-electron chi connectivity index (χ2n) is 4.79. The van der Waals surface area contributed by atoms with E-state index in [-0.39, 0.29) is 23.6 Å². The van der Waals surface area contributed by atoms with Crippen LogP contribution < -0.4 is 4.74 Å². The molecule has 25 heavy (non-hydrogen) atoms. The van der Waals surface area contributed by atoms with Gasteiger partial charge < -0.3 is 9.47 Å². The summed E-state index contributed by atoms with van der Waals surface area (Å²) in [4.78, 5) is 35.3. The summed E-state index contributed by atoms with van der Waals surface area (Å²) in [6, 6.07) is 6.23. The van der Waals surface area contributed by atoms with E-state index in [0.717, 1.165) is 11.8 Å². The standard InChI is InChI=1S/C16H15NO6S2/c1-4-22-15(19)13-9(2)24-16(14(13)23-10(3)18)25-12-8-6-5-7-11(12)17(20)21/h5-8H,4H2,1-3H3. The van der Waals surface area contributed by atoms with E-state index in [0.29, 0.717) is 14.0 Å². The molecule has 0 unspecified atom stereocenters. The predicted molar refractivity (Wildman–Crippen MR) is 93.5 cm³/mol. The Morgan fingerprint density at radius 1 is 1.32 bits per heavy atom. The van der Waals surface area contributed by atoms with E-state index in [9.17, 15) is 19.7 Å². The zero-order valence-corrected chi connectivity index (χ0v) is 15.4. The van der Waals surface area contributed by atoms with Crippen LogP contribution in [0.2, 0.25) is 0 Å². The zero-order valence-electron chi connectivity index (χ0n) is 13.7. The number of benzene rings is 1. The molecule has 0 aliphatic carbocycles. The van der Waals surface area contributed by atoms with Gasteiger partial charge in [0.25, 0.3) is 5.69 Å². The summed E-state index contributed by atoms with van der Waals surface area (Å²) in [6.45, 7) is 4.78. The highest BCUT2D eigenvalue weighted by Gasteiger charge is 2.27. The van der Waals surface area contributed by atoms with Crippen LogP contribution in [-0.2, 0) is 9.53 Å². The average Bonchev–Trinajstić information content (AvgIpc) is 2.82. The van der Waals surface area contributed by atoms with Gasteiger partial charge in [-0.15, -0.1) is 11.3 Å². The van der Waals surface area contributed by atoms with Gasteiger partial charge >= 0.3 is 11.9 Å². The third-order valence-electron chi connectivity index (χ3n) is 3.00. The number of carbonyl (C=O) groups excluding carboxylic acids is 2. The number of aryl methyl sites for hydroxylation is 1. The molecule has 0 amide bonds. The lowest BCUT2D eigenvalue weighted by atomic mass is 10.2. The van der Waals surface area contributed by atoms with Crippen molar-refractivity contribution in [3.8, 4) is 5.75 Å². The van der Waals surface area contributed by atoms with Gasteiger partial charge in [-0.05, 0) is 19.9 Å². The normalized spacial score (nSPS) is 10.4. The van der Waals surface area contributed by atoms with Gasteiger partial charge in [0.15, 0.2) is 5.75 Å². The Balaban J connectivity index is 2.51. The summed E-state index contributed by atoms with van der Waals surface area (Å²) in [7, 11) is 0. The average molecular weight is 381 g/mol. The second-order valence-corrected chi connectivity index (χ2v) is 7.33. The number of esters is 2. The van der Waals surface area contributed by atoms with Crippen LogP contribution in [0.25, 0.3) is 0 Å². The van der Waals surface area contributed by atoms with Gasteiger partial charge in [0.2, 0.25) is 0 Å². The monoisotopic (exact) mass is 381 g/mol. The third-order valence-corrected chi connectivity index (χ3v) is 5.32. The van der Waals surface area contributed by atoms with Crippen LogP contribution in [0.15, 0.2) is 33.4 Å². The molecule has 0 radical (unpaired) electrons. The number of hydrogen-bond acceptors (Lipinski definition) is 8. The van der Waals surface area contributed by atoms with Crippen molar-refractivity contribution in [2.75, 3.05) is 6.61 Å². The molecule has 9 heteroatoms. The van der Waals surface area contributed by atoms with Crippen molar-refractivity contribution in [1.82, 2.24) is 0 Å². The highest BCUT2D eigenvalue weighted by Crippen LogP contribution is 2.47. The molecule has 132 valence electrons. The van der Waals surface area contributed by atoms with Crippen LogP contribution in [0, 0.1) is 17.0 Å². The van der Waals surface area contributed by atoms with Crippen LogP contribution in [0.5, 0.6) is 5.75 Å². The lowest BCUT2D eigenvalue weighted by Gasteiger charge is -2.07. The van der Waals surface area contributed by atoms with E-state index < -0.39 is 16.9 Å². The van der Waals surface area contributed by atoms with Gasteiger partial charge in [-0.1, -0.05) is 23.9 Å². The molecule has 0 N–H and O–H groups in total. The molecular formula is C16H15NO6S2. The number of ether oxygens (including phenoxy) is 2. The van der Waals surface area contributed by atoms with Crippen molar-refractivity contribution in [3.63, 3.8) is 0 Å². The highest BCUT2D eigenvalue weighted by molar-refractivity contribution is 8.01. The molecule has 0 saturated heterocycles. The minimum atomic E-state index is -0.595. The summed E-state index contributed by atoms with van der Waals surface area (Å²) in [5.74, 6) is -1.11. The quantitative estimate of drug-likeness (QED) is 0.420. The van der Waals surface area contributed by atoms with Crippen molar-refractivity contribution >= 4 is 40.7 Å². The molecule has 0 atom stereocenters. The molecule has 0 spiro atoms. The number of nitrogens with zero attached hydrogens (tertiary/aromatic N) is 1. The Kier molecular flexibility index (Phi) is 6.16. The van der Waals surface area contributed by atoms with E-state index in [1.165, 1.54) is 24.3 Å². The Morgan fingerprint density at radius 2 is 2.00 bits per heavy atom. The first kappa shape index (κ1) is 18.9. The van der Waals surface area contributed by atoms with E-state index in [2.05, 4.69) is 0 Å². The first-order valence-corrected chi connectivity index (χ1v) is 8.88. The first-order chi connectivity index (χ1) is 11.8. The number of nitro benzene ring substituents is 1. The Bertz CT molecular complexity index is 830. The molecule has 1 aromatic carbocycles. The maximum Gasteiger partial charge on any atom is 0.343 e. The first-order valence-electron chi connectivity index (χ1n) is 7.25. The van der Waals surface area contributed by atoms with Gasteiger partial charge in [0, 0.05) is 17.9 Å². The minimum absolute atomic E-state index is 0.0648. The highest BCUT2D eigenvalue weighted by atomic mass is 32.2. The van der Waals surface area contributed by atoms with E-state index in [1.807, 2.05) is 0 Å². The van der Waals surface area contributed by atoms with E-state index >= 15 is 0 Å². The van der Waals surface area contributed by atoms with Crippen molar-refractivity contribution < 1.29 is 24.0 Å². The predicted octanol–water partition coefficient (Wildman–Crippen LogP) is 4.22. The molecule has 0 aliphatic heterocycles. The number of carbonyl (C=O) groups is 2. The zero-order chi connectivity index (χ0) is 18.6. The molecule has 2 aromatic rings. The Morgan fingerprint density at radius 3 is 2.60 bits per heavy atom. The maximum atomic E-state index is 12.2. The van der Waals surface area contributed by atoms with Crippen molar-refractivity contribution in [2.24, 2.45) is 0 Å². The van der Waals surface area contributed by atoms with Gasteiger partial charge in [-0.2, -0.15) is 0 Å².